The Morgan fingerprint density at radius 1 is 1.00 bits per heavy atom. The van der Waals surface area contributed by atoms with Gasteiger partial charge in [0.05, 0.1) is 5.52 Å². The molecule has 0 aliphatic rings. The number of aromatic nitrogens is 3. The van der Waals surface area contributed by atoms with Crippen molar-refractivity contribution in [3.8, 4) is 5.75 Å². The van der Waals surface area contributed by atoms with Crippen molar-refractivity contribution in [2.75, 3.05) is 23.1 Å². The summed E-state index contributed by atoms with van der Waals surface area (Å²) in [6.45, 7) is 1.79. The van der Waals surface area contributed by atoms with E-state index in [0.717, 1.165) is 22.3 Å². The molecule has 0 radical (unpaired) electrons. The van der Waals surface area contributed by atoms with Gasteiger partial charge < -0.3 is 15.8 Å². The van der Waals surface area contributed by atoms with Gasteiger partial charge in [-0.05, 0) is 43.3 Å². The zero-order valence-corrected chi connectivity index (χ0v) is 16.8. The average molecular weight is 415 g/mol. The number of hydrazine groups is 1. The first-order chi connectivity index (χ1) is 15.1. The van der Waals surface area contributed by atoms with Crippen LogP contribution in [0.15, 0.2) is 67.0 Å². The van der Waals surface area contributed by atoms with Crippen LogP contribution in [-0.2, 0) is 4.79 Å². The Kier molecular flexibility index (Phi) is 5.75. The third-order valence-electron chi connectivity index (χ3n) is 4.44. The fraction of sp³-hybridized carbons (Fsp3) is 0.0909. The maximum Gasteiger partial charge on any atom is 0.276 e. The summed E-state index contributed by atoms with van der Waals surface area (Å²) in [4.78, 5) is 24.9. The lowest BCUT2D eigenvalue weighted by Crippen LogP contribution is -2.34. The summed E-state index contributed by atoms with van der Waals surface area (Å²) in [5.74, 6) is 0.887. The predicted molar refractivity (Wildman–Crippen MR) is 120 cm³/mol. The molecule has 156 valence electrons. The number of pyridine rings is 1. The number of amides is 1. The van der Waals surface area contributed by atoms with E-state index in [1.54, 1.807) is 12.1 Å². The van der Waals surface area contributed by atoms with Crippen molar-refractivity contribution >= 4 is 39.8 Å². The molecule has 4 aromatic rings. The molecule has 0 saturated heterocycles. The van der Waals surface area contributed by atoms with Crippen LogP contribution in [0.2, 0.25) is 0 Å². The number of nitrogen functional groups attached to an aromatic ring is 1. The number of hydrogen-bond donors (Lipinski definition) is 4. The van der Waals surface area contributed by atoms with Crippen molar-refractivity contribution in [1.82, 2.24) is 20.4 Å². The van der Waals surface area contributed by atoms with Crippen LogP contribution in [0, 0.1) is 6.92 Å². The second kappa shape index (κ2) is 8.95. The number of carbonyl (C=O) groups is 1. The maximum absolute atomic E-state index is 12.0. The summed E-state index contributed by atoms with van der Waals surface area (Å²) in [5, 5.41) is 4.15. The monoisotopic (exact) mass is 415 g/mol. The number of nitrogens with one attached hydrogen (secondary N) is 3. The van der Waals surface area contributed by atoms with Gasteiger partial charge in [-0.2, -0.15) is 0 Å². The van der Waals surface area contributed by atoms with Crippen LogP contribution < -0.4 is 26.6 Å². The number of hydrogen-bond acceptors (Lipinski definition) is 8. The lowest BCUT2D eigenvalue weighted by atomic mass is 10.1. The molecule has 0 spiro atoms. The fourth-order valence-electron chi connectivity index (χ4n) is 2.92. The molecule has 0 unspecified atom stereocenters. The first kappa shape index (κ1) is 19.9. The maximum atomic E-state index is 12.0. The number of ether oxygens (including phenoxy) is 1. The van der Waals surface area contributed by atoms with E-state index in [9.17, 15) is 4.79 Å². The quantitative estimate of drug-likeness (QED) is 0.339. The molecule has 1 amide bonds. The van der Waals surface area contributed by atoms with Gasteiger partial charge in [-0.15, -0.1) is 0 Å². The third-order valence-corrected chi connectivity index (χ3v) is 4.44. The topological polar surface area (TPSA) is 127 Å². The van der Waals surface area contributed by atoms with Gasteiger partial charge in [-0.25, -0.2) is 9.97 Å². The number of fused-ring (bicyclic) bond motifs is 1. The number of carbonyl (C=O) groups excluding carboxylic acids is 1. The lowest BCUT2D eigenvalue weighted by molar-refractivity contribution is -0.122. The van der Waals surface area contributed by atoms with Gasteiger partial charge >= 0.3 is 0 Å². The molecule has 5 N–H and O–H groups in total. The van der Waals surface area contributed by atoms with Crippen molar-refractivity contribution in [2.45, 2.75) is 6.92 Å². The van der Waals surface area contributed by atoms with Gasteiger partial charge in [-0.1, -0.05) is 24.3 Å². The van der Waals surface area contributed by atoms with E-state index in [1.807, 2.05) is 55.5 Å². The molecule has 9 heteroatoms. The molecule has 2 aromatic carbocycles. The highest BCUT2D eigenvalue weighted by Crippen LogP contribution is 2.29. The van der Waals surface area contributed by atoms with Crippen LogP contribution in [-0.4, -0.2) is 27.5 Å². The molecule has 9 nitrogen and oxygen atoms in total. The number of nitrogens with zero attached hydrogens (tertiary/aromatic N) is 3. The molecule has 2 aromatic heterocycles. The Bertz CT molecular complexity index is 1220. The van der Waals surface area contributed by atoms with Gasteiger partial charge in [0.15, 0.2) is 18.2 Å². The highest BCUT2D eigenvalue weighted by molar-refractivity contribution is 5.94. The Balaban J connectivity index is 1.43. The lowest BCUT2D eigenvalue weighted by Gasteiger charge is -2.14. The van der Waals surface area contributed by atoms with E-state index in [0.29, 0.717) is 11.6 Å². The van der Waals surface area contributed by atoms with Crippen molar-refractivity contribution in [3.05, 3.63) is 72.7 Å². The van der Waals surface area contributed by atoms with Crippen molar-refractivity contribution in [1.29, 1.82) is 0 Å². The van der Waals surface area contributed by atoms with Crippen molar-refractivity contribution < 1.29 is 9.53 Å². The van der Waals surface area contributed by atoms with Crippen LogP contribution in [0.5, 0.6) is 5.75 Å². The van der Waals surface area contributed by atoms with E-state index in [-0.39, 0.29) is 24.0 Å². The second-order valence-electron chi connectivity index (χ2n) is 6.71. The number of nitrogens with two attached hydrogens (primary N) is 1. The second-order valence-corrected chi connectivity index (χ2v) is 6.71. The highest BCUT2D eigenvalue weighted by atomic mass is 16.5. The number of aryl methyl sites for hydroxylation is 1. The molecule has 0 aliphatic carbocycles. The molecule has 0 aliphatic heterocycles. The average Bonchev–Trinajstić information content (AvgIpc) is 2.79. The van der Waals surface area contributed by atoms with E-state index >= 15 is 0 Å². The molecule has 0 atom stereocenters. The van der Waals surface area contributed by atoms with Gasteiger partial charge in [0.1, 0.15) is 17.8 Å². The van der Waals surface area contributed by atoms with E-state index < -0.39 is 0 Å². The normalized spacial score (nSPS) is 10.5. The largest absolute Gasteiger partial charge is 0.484 e. The van der Waals surface area contributed by atoms with Gasteiger partial charge in [0.25, 0.3) is 5.91 Å². The van der Waals surface area contributed by atoms with Crippen LogP contribution in [0.3, 0.4) is 0 Å². The minimum Gasteiger partial charge on any atom is -0.484 e. The van der Waals surface area contributed by atoms with Crippen molar-refractivity contribution in [2.24, 2.45) is 0 Å². The third kappa shape index (κ3) is 4.78. The zero-order chi connectivity index (χ0) is 21.6. The Hall–Kier alpha value is -4.40. The van der Waals surface area contributed by atoms with Crippen LogP contribution in [0.25, 0.3) is 10.9 Å². The highest BCUT2D eigenvalue weighted by Gasteiger charge is 2.11. The smallest absolute Gasteiger partial charge is 0.276 e. The van der Waals surface area contributed by atoms with Gasteiger partial charge in [0.2, 0.25) is 0 Å². The summed E-state index contributed by atoms with van der Waals surface area (Å²) in [5.41, 5.74) is 14.3. The molecule has 2 heterocycles. The summed E-state index contributed by atoms with van der Waals surface area (Å²) < 4.78 is 5.40. The minimum absolute atomic E-state index is 0.157. The molecule has 0 saturated carbocycles. The van der Waals surface area contributed by atoms with Crippen molar-refractivity contribution in [3.63, 3.8) is 0 Å². The van der Waals surface area contributed by atoms with Gasteiger partial charge in [-0.3, -0.25) is 20.6 Å². The summed E-state index contributed by atoms with van der Waals surface area (Å²) in [6, 6.07) is 18.8. The number of para-hydroxylation sites is 1. The number of anilines is 4. The predicted octanol–water partition coefficient (Wildman–Crippen LogP) is 3.18. The Morgan fingerprint density at radius 2 is 1.81 bits per heavy atom. The van der Waals surface area contributed by atoms with Gasteiger partial charge in [0, 0.05) is 16.8 Å². The molecule has 31 heavy (non-hydrogen) atoms. The van der Waals surface area contributed by atoms with Crippen LogP contribution >= 0.6 is 0 Å². The zero-order valence-electron chi connectivity index (χ0n) is 16.8. The van der Waals surface area contributed by atoms with E-state index in [4.69, 9.17) is 10.5 Å². The molecule has 4 rings (SSSR count). The Morgan fingerprint density at radius 3 is 2.65 bits per heavy atom. The SMILES string of the molecule is Cc1ccc2c(Nc3ncnc(NNC(=O)COc4ccccc4)c3N)cccc2n1. The summed E-state index contributed by atoms with van der Waals surface area (Å²) in [6.07, 6.45) is 1.35. The standard InChI is InChI=1S/C22H21N7O2/c1-14-10-11-16-17(26-14)8-5-9-18(16)27-21-20(23)22(25-13-24-21)29-28-19(30)12-31-15-6-3-2-4-7-15/h2-11,13H,12,23H2,1H3,(H,28,30)(H2,24,25,27,29). The van der Waals surface area contributed by atoms with E-state index in [2.05, 4.69) is 31.1 Å². The fourth-order valence-corrected chi connectivity index (χ4v) is 2.92. The van der Waals surface area contributed by atoms with Crippen LogP contribution in [0.1, 0.15) is 5.69 Å². The van der Waals surface area contributed by atoms with E-state index in [1.165, 1.54) is 6.33 Å². The first-order valence-corrected chi connectivity index (χ1v) is 9.57. The Labute approximate surface area is 178 Å². The molecular formula is C22H21N7O2. The molecule has 0 bridgehead atoms. The summed E-state index contributed by atoms with van der Waals surface area (Å²) >= 11 is 0. The minimum atomic E-state index is -0.383. The first-order valence-electron chi connectivity index (χ1n) is 9.57. The number of benzene rings is 2. The van der Waals surface area contributed by atoms with Crippen LogP contribution in [0.4, 0.5) is 23.0 Å². The molecule has 0 fully saturated rings. The summed E-state index contributed by atoms with van der Waals surface area (Å²) in [7, 11) is 0. The number of rotatable bonds is 7. The molecular weight excluding hydrogens is 394 g/mol.